The lowest BCUT2D eigenvalue weighted by Crippen LogP contribution is -2.14. The summed E-state index contributed by atoms with van der Waals surface area (Å²) in [5.74, 6) is 0. The van der Waals surface area contributed by atoms with E-state index in [-0.39, 0.29) is 11.2 Å². The van der Waals surface area contributed by atoms with Crippen LogP contribution in [-0.4, -0.2) is 5.12 Å². The van der Waals surface area contributed by atoms with Gasteiger partial charge in [0.1, 0.15) is 0 Å². The highest BCUT2D eigenvalue weighted by molar-refractivity contribution is 8.13. The summed E-state index contributed by atoms with van der Waals surface area (Å²) in [5.41, 5.74) is 2.12. The minimum Gasteiger partial charge on any atom is -0.378 e. The molecule has 4 rings (SSSR count). The SMILES string of the molecule is O=C(CC(Nc1ccccc1)c1ccccc1)Sc1ccc2ccccc2c1. The predicted octanol–water partition coefficient (Wildman–Crippen LogP) is 6.70. The van der Waals surface area contributed by atoms with Crippen LogP contribution in [0.15, 0.2) is 108 Å². The maximum Gasteiger partial charge on any atom is 0.196 e. The molecule has 0 bridgehead atoms. The first-order valence-electron chi connectivity index (χ1n) is 9.34. The van der Waals surface area contributed by atoms with Crippen molar-refractivity contribution >= 4 is 33.3 Å². The highest BCUT2D eigenvalue weighted by Gasteiger charge is 2.17. The summed E-state index contributed by atoms with van der Waals surface area (Å²) in [6, 6.07) is 34.5. The second-order valence-corrected chi connectivity index (χ2v) is 7.79. The van der Waals surface area contributed by atoms with Crippen LogP contribution >= 0.6 is 11.8 Å². The molecule has 4 aromatic carbocycles. The Morgan fingerprint density at radius 1 is 0.750 bits per heavy atom. The molecule has 0 aromatic heterocycles. The molecule has 0 spiro atoms. The highest BCUT2D eigenvalue weighted by atomic mass is 32.2. The van der Waals surface area contributed by atoms with E-state index in [1.807, 2.05) is 66.7 Å². The Kier molecular flexibility index (Phi) is 5.74. The van der Waals surface area contributed by atoms with Gasteiger partial charge in [0.2, 0.25) is 0 Å². The second kappa shape index (κ2) is 8.77. The van der Waals surface area contributed by atoms with Crippen LogP contribution in [0.1, 0.15) is 18.0 Å². The Labute approximate surface area is 169 Å². The van der Waals surface area contributed by atoms with Crippen LogP contribution < -0.4 is 5.32 Å². The van der Waals surface area contributed by atoms with E-state index >= 15 is 0 Å². The van der Waals surface area contributed by atoms with Crippen LogP contribution in [0.4, 0.5) is 5.69 Å². The lowest BCUT2D eigenvalue weighted by molar-refractivity contribution is -0.111. The largest absolute Gasteiger partial charge is 0.378 e. The van der Waals surface area contributed by atoms with E-state index in [1.165, 1.54) is 17.1 Å². The van der Waals surface area contributed by atoms with Crippen molar-refractivity contribution in [2.45, 2.75) is 17.4 Å². The standard InChI is InChI=1S/C25H21NOS/c27-25(28-23-16-15-19-9-7-8-12-21(19)17-23)18-24(20-10-3-1-4-11-20)26-22-13-5-2-6-14-22/h1-17,24,26H,18H2. The average molecular weight is 384 g/mol. The van der Waals surface area contributed by atoms with Gasteiger partial charge in [0.15, 0.2) is 5.12 Å². The maximum absolute atomic E-state index is 12.8. The number of rotatable bonds is 6. The molecule has 4 aromatic rings. The minimum atomic E-state index is -0.0657. The smallest absolute Gasteiger partial charge is 0.196 e. The zero-order valence-electron chi connectivity index (χ0n) is 15.4. The molecule has 1 unspecified atom stereocenters. The molecule has 0 saturated carbocycles. The number of para-hydroxylation sites is 1. The minimum absolute atomic E-state index is 0.0657. The molecule has 1 atom stereocenters. The topological polar surface area (TPSA) is 29.1 Å². The molecule has 2 nitrogen and oxygen atoms in total. The van der Waals surface area contributed by atoms with Crippen LogP contribution in [0.5, 0.6) is 0 Å². The van der Waals surface area contributed by atoms with Crippen molar-refractivity contribution in [3.8, 4) is 0 Å². The molecule has 138 valence electrons. The van der Waals surface area contributed by atoms with Crippen molar-refractivity contribution in [1.82, 2.24) is 0 Å². The van der Waals surface area contributed by atoms with Gasteiger partial charge in [-0.15, -0.1) is 0 Å². The third-order valence-electron chi connectivity index (χ3n) is 4.64. The molecule has 1 N–H and O–H groups in total. The van der Waals surface area contributed by atoms with Gasteiger partial charge >= 0.3 is 0 Å². The quantitative estimate of drug-likeness (QED) is 0.376. The number of anilines is 1. The number of carbonyl (C=O) groups is 1. The van der Waals surface area contributed by atoms with Crippen LogP contribution in [0.2, 0.25) is 0 Å². The zero-order chi connectivity index (χ0) is 19.2. The lowest BCUT2D eigenvalue weighted by Gasteiger charge is -2.20. The summed E-state index contributed by atoms with van der Waals surface area (Å²) in [5, 5.41) is 6.00. The predicted molar refractivity (Wildman–Crippen MR) is 119 cm³/mol. The van der Waals surface area contributed by atoms with E-state index in [4.69, 9.17) is 0 Å². The van der Waals surface area contributed by atoms with Crippen molar-refractivity contribution in [3.63, 3.8) is 0 Å². The summed E-state index contributed by atoms with van der Waals surface area (Å²) >= 11 is 1.31. The van der Waals surface area contributed by atoms with Gasteiger partial charge in [-0.3, -0.25) is 4.79 Å². The monoisotopic (exact) mass is 383 g/mol. The molecule has 3 heteroatoms. The lowest BCUT2D eigenvalue weighted by atomic mass is 10.0. The molecule has 0 aliphatic carbocycles. The first-order chi connectivity index (χ1) is 13.8. The van der Waals surface area contributed by atoms with Gasteiger partial charge in [0.05, 0.1) is 6.04 Å². The Balaban J connectivity index is 1.51. The summed E-state index contributed by atoms with van der Waals surface area (Å²) in [4.78, 5) is 13.8. The van der Waals surface area contributed by atoms with Crippen molar-refractivity contribution < 1.29 is 4.79 Å². The molecule has 0 radical (unpaired) electrons. The molecule has 28 heavy (non-hydrogen) atoms. The number of hydrogen-bond acceptors (Lipinski definition) is 3. The number of hydrogen-bond donors (Lipinski definition) is 1. The number of thioether (sulfide) groups is 1. The third-order valence-corrected chi connectivity index (χ3v) is 5.52. The van der Waals surface area contributed by atoms with Crippen LogP contribution in [0, 0.1) is 0 Å². The first-order valence-corrected chi connectivity index (χ1v) is 10.2. The van der Waals surface area contributed by atoms with Crippen molar-refractivity contribution in [3.05, 3.63) is 109 Å². The van der Waals surface area contributed by atoms with Gasteiger partial charge in [-0.2, -0.15) is 0 Å². The summed E-state index contributed by atoms with van der Waals surface area (Å²) in [6.07, 6.45) is 0.413. The Morgan fingerprint density at radius 2 is 1.39 bits per heavy atom. The van der Waals surface area contributed by atoms with Gasteiger partial charge in [0.25, 0.3) is 0 Å². The fourth-order valence-corrected chi connectivity index (χ4v) is 4.08. The molecular formula is C25H21NOS. The van der Waals surface area contributed by atoms with E-state index in [9.17, 15) is 4.79 Å². The second-order valence-electron chi connectivity index (χ2n) is 6.66. The van der Waals surface area contributed by atoms with Crippen LogP contribution in [-0.2, 0) is 4.79 Å². The maximum atomic E-state index is 12.8. The van der Waals surface area contributed by atoms with Gasteiger partial charge in [-0.25, -0.2) is 0 Å². The van der Waals surface area contributed by atoms with Crippen LogP contribution in [0.3, 0.4) is 0 Å². The van der Waals surface area contributed by atoms with Crippen molar-refractivity contribution in [2.75, 3.05) is 5.32 Å². The average Bonchev–Trinajstić information content (AvgIpc) is 2.74. The molecule has 0 aliphatic rings. The summed E-state index contributed by atoms with van der Waals surface area (Å²) in [6.45, 7) is 0. The highest BCUT2D eigenvalue weighted by Crippen LogP contribution is 2.29. The van der Waals surface area contributed by atoms with Gasteiger partial charge in [-0.05, 0) is 40.6 Å². The molecule has 0 saturated heterocycles. The Morgan fingerprint density at radius 3 is 2.14 bits per heavy atom. The van der Waals surface area contributed by atoms with Crippen LogP contribution in [0.25, 0.3) is 10.8 Å². The molecule has 0 amide bonds. The fourth-order valence-electron chi connectivity index (χ4n) is 3.24. The number of fused-ring (bicyclic) bond motifs is 1. The van der Waals surface area contributed by atoms with E-state index < -0.39 is 0 Å². The van der Waals surface area contributed by atoms with Gasteiger partial charge < -0.3 is 5.32 Å². The number of benzene rings is 4. The summed E-state index contributed by atoms with van der Waals surface area (Å²) in [7, 11) is 0. The Bertz CT molecular complexity index is 1060. The third kappa shape index (κ3) is 4.62. The van der Waals surface area contributed by atoms with E-state index in [1.54, 1.807) is 0 Å². The van der Waals surface area contributed by atoms with Crippen molar-refractivity contribution in [2.24, 2.45) is 0 Å². The normalized spacial score (nSPS) is 11.9. The molecular weight excluding hydrogens is 362 g/mol. The first kappa shape index (κ1) is 18.3. The number of carbonyl (C=O) groups excluding carboxylic acids is 1. The zero-order valence-corrected chi connectivity index (χ0v) is 16.2. The van der Waals surface area contributed by atoms with Gasteiger partial charge in [0, 0.05) is 17.0 Å². The van der Waals surface area contributed by atoms with E-state index in [2.05, 4.69) is 41.7 Å². The molecule has 0 fully saturated rings. The number of nitrogens with one attached hydrogen (secondary N) is 1. The Hall–Kier alpha value is -3.04. The van der Waals surface area contributed by atoms with E-state index in [0.29, 0.717) is 6.42 Å². The van der Waals surface area contributed by atoms with E-state index in [0.717, 1.165) is 21.5 Å². The molecule has 0 heterocycles. The van der Waals surface area contributed by atoms with Crippen molar-refractivity contribution in [1.29, 1.82) is 0 Å². The van der Waals surface area contributed by atoms with Gasteiger partial charge in [-0.1, -0.05) is 90.6 Å². The molecule has 0 aliphatic heterocycles. The summed E-state index contributed by atoms with van der Waals surface area (Å²) < 4.78 is 0. The fraction of sp³-hybridized carbons (Fsp3) is 0.0800.